The number of phenolic OH excluding ortho intramolecular Hbond substituents is 2. The van der Waals surface area contributed by atoms with Gasteiger partial charge in [0.2, 0.25) is 17.5 Å². The molecule has 4 rings (SSSR count). The first-order valence-electron chi connectivity index (χ1n) is 9.37. The second-order valence-electron chi connectivity index (χ2n) is 7.11. The van der Waals surface area contributed by atoms with E-state index in [0.717, 1.165) is 12.1 Å². The van der Waals surface area contributed by atoms with Crippen LogP contribution in [0.4, 0.5) is 0 Å². The fourth-order valence-electron chi connectivity index (χ4n) is 3.44. The van der Waals surface area contributed by atoms with Gasteiger partial charge in [-0.15, -0.1) is 0 Å². The summed E-state index contributed by atoms with van der Waals surface area (Å²) in [6.07, 6.45) is -7.97. The Bertz CT molecular complexity index is 1140. The van der Waals surface area contributed by atoms with Crippen molar-refractivity contribution in [3.63, 3.8) is 0 Å². The Hall–Kier alpha value is -3.15. The van der Waals surface area contributed by atoms with E-state index in [1.807, 2.05) is 0 Å². The summed E-state index contributed by atoms with van der Waals surface area (Å²) in [5.74, 6) is -1.40. The van der Waals surface area contributed by atoms with Crippen molar-refractivity contribution in [2.24, 2.45) is 0 Å². The zero-order valence-corrected chi connectivity index (χ0v) is 16.0. The van der Waals surface area contributed by atoms with Crippen molar-refractivity contribution >= 4 is 11.0 Å². The summed E-state index contributed by atoms with van der Waals surface area (Å²) in [5.41, 5.74) is -0.527. The highest BCUT2D eigenvalue weighted by atomic mass is 16.7. The lowest BCUT2D eigenvalue weighted by molar-refractivity contribution is -0.277. The maximum Gasteiger partial charge on any atom is 0.239 e. The highest BCUT2D eigenvalue weighted by Gasteiger charge is 2.45. The third-order valence-corrected chi connectivity index (χ3v) is 5.04. The first-order chi connectivity index (χ1) is 14.8. The molecule has 3 aromatic rings. The highest BCUT2D eigenvalue weighted by molar-refractivity contribution is 5.88. The summed E-state index contributed by atoms with van der Waals surface area (Å²) < 4.78 is 16.7. The van der Waals surface area contributed by atoms with Crippen LogP contribution in [0.3, 0.4) is 0 Å². The Morgan fingerprint density at radius 1 is 0.968 bits per heavy atom. The zero-order chi connectivity index (χ0) is 22.3. The molecular formula is C21H20O10. The van der Waals surface area contributed by atoms with Gasteiger partial charge in [0.15, 0.2) is 5.76 Å². The number of aliphatic hydroxyl groups is 4. The molecular weight excluding hydrogens is 412 g/mol. The van der Waals surface area contributed by atoms with Crippen LogP contribution < -0.4 is 10.2 Å². The smallest absolute Gasteiger partial charge is 0.239 e. The van der Waals surface area contributed by atoms with Crippen LogP contribution in [0.25, 0.3) is 22.3 Å². The molecule has 1 aliphatic rings. The van der Waals surface area contributed by atoms with Gasteiger partial charge in [0.25, 0.3) is 0 Å². The zero-order valence-electron chi connectivity index (χ0n) is 16.0. The van der Waals surface area contributed by atoms with E-state index in [4.69, 9.17) is 13.9 Å². The molecule has 1 aromatic heterocycles. The monoisotopic (exact) mass is 432 g/mol. The van der Waals surface area contributed by atoms with Gasteiger partial charge in [-0.05, 0) is 0 Å². The fourth-order valence-corrected chi connectivity index (χ4v) is 3.44. The number of fused-ring (bicyclic) bond motifs is 1. The molecule has 10 nitrogen and oxygen atoms in total. The van der Waals surface area contributed by atoms with Gasteiger partial charge in [0, 0.05) is 17.7 Å². The molecule has 164 valence electrons. The third kappa shape index (κ3) is 3.71. The Kier molecular flexibility index (Phi) is 5.56. The van der Waals surface area contributed by atoms with Crippen molar-refractivity contribution in [3.8, 4) is 28.6 Å². The van der Waals surface area contributed by atoms with E-state index in [0.29, 0.717) is 5.56 Å². The maximum absolute atomic E-state index is 13.2. The van der Waals surface area contributed by atoms with Crippen molar-refractivity contribution in [2.75, 3.05) is 6.61 Å². The Morgan fingerprint density at radius 2 is 1.68 bits per heavy atom. The van der Waals surface area contributed by atoms with Gasteiger partial charge >= 0.3 is 0 Å². The number of aliphatic hydroxyl groups excluding tert-OH is 4. The molecule has 3 unspecified atom stereocenters. The summed E-state index contributed by atoms with van der Waals surface area (Å²) in [6, 6.07) is 10.4. The average molecular weight is 432 g/mol. The van der Waals surface area contributed by atoms with Crippen LogP contribution in [0, 0.1) is 0 Å². The van der Waals surface area contributed by atoms with Gasteiger partial charge in [-0.1, -0.05) is 30.3 Å². The van der Waals surface area contributed by atoms with Crippen molar-refractivity contribution < 1.29 is 44.5 Å². The minimum atomic E-state index is -1.76. The molecule has 1 saturated heterocycles. The Labute approximate surface area is 174 Å². The van der Waals surface area contributed by atoms with Gasteiger partial charge in [0.05, 0.1) is 6.61 Å². The SMILES string of the molecule is O=c1c(O[C@@H]2OC(CO)[C@@H](O)C(O)C2O)c(-c2ccccc2)oc2cc(O)cc(O)c12. The highest BCUT2D eigenvalue weighted by Crippen LogP contribution is 2.36. The second kappa shape index (κ2) is 8.17. The predicted molar refractivity (Wildman–Crippen MR) is 106 cm³/mol. The Morgan fingerprint density at radius 3 is 2.35 bits per heavy atom. The first-order valence-corrected chi connectivity index (χ1v) is 9.37. The van der Waals surface area contributed by atoms with E-state index in [2.05, 4.69) is 0 Å². The van der Waals surface area contributed by atoms with E-state index >= 15 is 0 Å². The van der Waals surface area contributed by atoms with E-state index < -0.39 is 54.2 Å². The van der Waals surface area contributed by atoms with Crippen LogP contribution in [0.15, 0.2) is 51.7 Å². The van der Waals surface area contributed by atoms with Crippen LogP contribution in [0.5, 0.6) is 17.2 Å². The number of hydrogen-bond acceptors (Lipinski definition) is 10. The van der Waals surface area contributed by atoms with E-state index in [9.17, 15) is 35.4 Å². The van der Waals surface area contributed by atoms with E-state index in [-0.39, 0.29) is 22.5 Å². The topological polar surface area (TPSA) is 170 Å². The standard InChI is InChI=1S/C21H20O10/c22-8-13-15(25)17(27)18(28)21(30-13)31-20-16(26)14-11(24)6-10(23)7-12(14)29-19(20)9-4-2-1-3-5-9/h1-7,13,15,17-18,21-25,27-28H,8H2/t13?,15-,17?,18?,21+/m1/s1. The number of hydrogen-bond donors (Lipinski definition) is 6. The molecule has 5 atom stereocenters. The molecule has 31 heavy (non-hydrogen) atoms. The Balaban J connectivity index is 1.88. The second-order valence-corrected chi connectivity index (χ2v) is 7.11. The lowest BCUT2D eigenvalue weighted by atomic mass is 9.99. The van der Waals surface area contributed by atoms with Crippen molar-refractivity contribution in [1.29, 1.82) is 0 Å². The van der Waals surface area contributed by atoms with Crippen LogP contribution in [0.2, 0.25) is 0 Å². The van der Waals surface area contributed by atoms with E-state index in [1.165, 1.54) is 0 Å². The summed E-state index contributed by atoms with van der Waals surface area (Å²) >= 11 is 0. The molecule has 1 fully saturated rings. The van der Waals surface area contributed by atoms with Crippen molar-refractivity contribution in [2.45, 2.75) is 30.7 Å². The molecule has 0 radical (unpaired) electrons. The molecule has 10 heteroatoms. The van der Waals surface area contributed by atoms with Gasteiger partial charge in [-0.3, -0.25) is 4.79 Å². The minimum absolute atomic E-state index is 0.0833. The molecule has 1 aliphatic heterocycles. The summed E-state index contributed by atoms with van der Waals surface area (Å²) in [5, 5.41) is 59.3. The number of phenols is 2. The molecule has 0 amide bonds. The number of rotatable bonds is 4. The van der Waals surface area contributed by atoms with Crippen molar-refractivity contribution in [3.05, 3.63) is 52.7 Å². The van der Waals surface area contributed by atoms with Crippen LogP contribution in [0.1, 0.15) is 0 Å². The minimum Gasteiger partial charge on any atom is -0.508 e. The van der Waals surface area contributed by atoms with Crippen LogP contribution in [-0.2, 0) is 4.74 Å². The number of benzene rings is 2. The quantitative estimate of drug-likeness (QED) is 0.331. The molecule has 6 N–H and O–H groups in total. The van der Waals surface area contributed by atoms with Crippen molar-refractivity contribution in [1.82, 2.24) is 0 Å². The molecule has 0 aliphatic carbocycles. The largest absolute Gasteiger partial charge is 0.508 e. The summed E-state index contributed by atoms with van der Waals surface area (Å²) in [7, 11) is 0. The van der Waals surface area contributed by atoms with Gasteiger partial charge < -0.3 is 44.5 Å². The molecule has 0 saturated carbocycles. The summed E-state index contributed by atoms with van der Waals surface area (Å²) in [4.78, 5) is 13.2. The molecule has 2 aromatic carbocycles. The first kappa shape index (κ1) is 21.1. The van der Waals surface area contributed by atoms with Crippen LogP contribution in [-0.4, -0.2) is 68.0 Å². The molecule has 2 heterocycles. The lowest BCUT2D eigenvalue weighted by Gasteiger charge is -2.39. The average Bonchev–Trinajstić information content (AvgIpc) is 2.75. The number of aromatic hydroxyl groups is 2. The fraction of sp³-hybridized carbons (Fsp3) is 0.286. The predicted octanol–water partition coefficient (Wildman–Crippen LogP) is 0.0499. The third-order valence-electron chi connectivity index (χ3n) is 5.04. The molecule has 0 bridgehead atoms. The van der Waals surface area contributed by atoms with E-state index in [1.54, 1.807) is 30.3 Å². The summed E-state index contributed by atoms with van der Waals surface area (Å²) in [6.45, 7) is -0.678. The lowest BCUT2D eigenvalue weighted by Crippen LogP contribution is -2.60. The molecule has 0 spiro atoms. The number of ether oxygens (including phenoxy) is 2. The van der Waals surface area contributed by atoms with Gasteiger partial charge in [-0.25, -0.2) is 0 Å². The normalized spacial score (nSPS) is 26.1. The maximum atomic E-state index is 13.2. The van der Waals surface area contributed by atoms with Gasteiger partial charge in [0.1, 0.15) is 46.9 Å². The van der Waals surface area contributed by atoms with Gasteiger partial charge in [-0.2, -0.15) is 0 Å². The van der Waals surface area contributed by atoms with Crippen LogP contribution >= 0.6 is 0 Å².